The number of hydrogen-bond donors (Lipinski definition) is 2. The van der Waals surface area contributed by atoms with Gasteiger partial charge in [0.1, 0.15) is 0 Å². The van der Waals surface area contributed by atoms with Gasteiger partial charge >= 0.3 is 0 Å². The van der Waals surface area contributed by atoms with Crippen molar-refractivity contribution in [2.75, 3.05) is 0 Å². The summed E-state index contributed by atoms with van der Waals surface area (Å²) in [5, 5.41) is 2.92. The van der Waals surface area contributed by atoms with Gasteiger partial charge in [0, 0.05) is 21.4 Å². The molecular weight excluding hydrogens is 176 g/mol. The van der Waals surface area contributed by atoms with Gasteiger partial charge in [-0.25, -0.2) is 0 Å². The maximum atomic E-state index is 11.2. The van der Waals surface area contributed by atoms with E-state index >= 15 is 0 Å². The number of amides is 1. The molecule has 0 radical (unpaired) electrons. The molecule has 1 saturated carbocycles. The average Bonchev–Trinajstić information content (AvgIpc) is 2.92. The molecule has 1 atom stereocenters. The molecule has 1 aliphatic carbocycles. The molecule has 0 aromatic carbocycles. The number of rotatable bonds is 5. The van der Waals surface area contributed by atoms with Gasteiger partial charge in [0.15, 0.2) is 0 Å². The summed E-state index contributed by atoms with van der Waals surface area (Å²) in [5.74, 6) is 0.124. The second-order valence-corrected chi connectivity index (χ2v) is 3.59. The quantitative estimate of drug-likeness (QED) is 0.722. The molecule has 3 N–H and O–H groups in total. The fourth-order valence-corrected chi connectivity index (χ4v) is 1.23. The van der Waals surface area contributed by atoms with Crippen molar-refractivity contribution in [1.29, 1.82) is 0 Å². The van der Waals surface area contributed by atoms with Crippen LogP contribution in [0.15, 0.2) is 0 Å². The Hall–Kier alpha value is -0.570. The molecule has 1 unspecified atom stereocenters. The van der Waals surface area contributed by atoms with Crippen LogP contribution < -0.4 is 11.1 Å². The van der Waals surface area contributed by atoms with Crippen molar-refractivity contribution in [2.24, 2.45) is 5.73 Å². The molecule has 88 valence electrons. The topological polar surface area (TPSA) is 55.1 Å². The van der Waals surface area contributed by atoms with E-state index < -0.39 is 0 Å². The molecule has 0 saturated heterocycles. The summed E-state index contributed by atoms with van der Waals surface area (Å²) in [6.45, 7) is 6.08. The highest BCUT2D eigenvalue weighted by Crippen LogP contribution is 2.18. The highest BCUT2D eigenvalue weighted by atomic mass is 16.1. The van der Waals surface area contributed by atoms with Gasteiger partial charge in [-0.1, -0.05) is 27.2 Å². The molecular formula is C11H28N2O. The second kappa shape index (κ2) is 7.80. The van der Waals surface area contributed by atoms with Crippen LogP contribution in [0.5, 0.6) is 0 Å². The van der Waals surface area contributed by atoms with E-state index in [1.165, 1.54) is 0 Å². The van der Waals surface area contributed by atoms with E-state index in [4.69, 9.17) is 5.73 Å². The highest BCUT2D eigenvalue weighted by molar-refractivity contribution is 5.77. The van der Waals surface area contributed by atoms with E-state index in [0.717, 1.165) is 25.7 Å². The van der Waals surface area contributed by atoms with Crippen LogP contribution in [0.2, 0.25) is 0 Å². The molecule has 0 spiro atoms. The summed E-state index contributed by atoms with van der Waals surface area (Å²) in [7, 11) is 0. The fourth-order valence-electron chi connectivity index (χ4n) is 1.23. The predicted octanol–water partition coefficient (Wildman–Crippen LogP) is 2.30. The van der Waals surface area contributed by atoms with Crippen LogP contribution in [-0.4, -0.2) is 18.0 Å². The van der Waals surface area contributed by atoms with Crippen LogP contribution in [0, 0.1) is 0 Å². The van der Waals surface area contributed by atoms with E-state index in [2.05, 4.69) is 12.2 Å². The molecule has 1 rings (SSSR count). The minimum absolute atomic E-state index is 0. The van der Waals surface area contributed by atoms with Gasteiger partial charge in [-0.2, -0.15) is 0 Å². The molecule has 14 heavy (non-hydrogen) atoms. The lowest BCUT2D eigenvalue weighted by Gasteiger charge is -2.09. The van der Waals surface area contributed by atoms with Crippen LogP contribution in [0.25, 0.3) is 0 Å². The largest absolute Gasteiger partial charge is 0.353 e. The second-order valence-electron chi connectivity index (χ2n) is 3.59. The molecule has 3 heteroatoms. The summed E-state index contributed by atoms with van der Waals surface area (Å²) in [5.41, 5.74) is 5.72. The first-order valence-electron chi connectivity index (χ1n) is 5.77. The molecule has 1 amide bonds. The molecule has 0 aromatic heterocycles. The van der Waals surface area contributed by atoms with Gasteiger partial charge < -0.3 is 11.1 Å². The summed E-state index contributed by atoms with van der Waals surface area (Å²) in [4.78, 5) is 11.2. The van der Waals surface area contributed by atoms with Crippen molar-refractivity contribution in [3.8, 4) is 0 Å². The zero-order valence-corrected chi connectivity index (χ0v) is 9.68. The predicted molar refractivity (Wildman–Crippen MR) is 64.2 cm³/mol. The minimum atomic E-state index is 0. The summed E-state index contributed by atoms with van der Waals surface area (Å²) >= 11 is 0. The normalized spacial score (nSPS) is 16.6. The van der Waals surface area contributed by atoms with Gasteiger partial charge in [-0.15, -0.1) is 0 Å². The van der Waals surface area contributed by atoms with Gasteiger partial charge in [-0.3, -0.25) is 4.79 Å². The Labute approximate surface area is 90.4 Å². The third-order valence-electron chi connectivity index (χ3n) is 2.05. The monoisotopic (exact) mass is 204 g/mol. The van der Waals surface area contributed by atoms with E-state index in [0.29, 0.717) is 12.5 Å². The zero-order valence-electron chi connectivity index (χ0n) is 9.68. The van der Waals surface area contributed by atoms with E-state index in [1.807, 2.05) is 13.8 Å². The van der Waals surface area contributed by atoms with Crippen LogP contribution in [-0.2, 0) is 4.79 Å². The lowest BCUT2D eigenvalue weighted by Crippen LogP contribution is -2.32. The van der Waals surface area contributed by atoms with Crippen LogP contribution in [0.1, 0.15) is 55.7 Å². The molecule has 0 bridgehead atoms. The summed E-state index contributed by atoms with van der Waals surface area (Å²) in [6.07, 6.45) is 4.78. The number of carbonyl (C=O) groups excluding carboxylic acids is 1. The number of nitrogens with one attached hydrogen (secondary N) is 1. The van der Waals surface area contributed by atoms with Crippen molar-refractivity contribution in [2.45, 2.75) is 65.0 Å². The molecule has 0 aromatic rings. The third kappa shape index (κ3) is 6.89. The molecule has 1 fully saturated rings. The number of nitrogens with two attached hydrogens (primary N) is 1. The SMILES string of the molecule is CC.CCCC(N)CC(=O)NC1CC1.[HH].[HH]. The van der Waals surface area contributed by atoms with Crippen molar-refractivity contribution >= 4 is 5.91 Å². The van der Waals surface area contributed by atoms with E-state index in [9.17, 15) is 4.79 Å². The smallest absolute Gasteiger partial charge is 0.221 e. The Morgan fingerprint density at radius 3 is 2.57 bits per heavy atom. The van der Waals surface area contributed by atoms with Crippen molar-refractivity contribution < 1.29 is 7.65 Å². The molecule has 0 heterocycles. The Balaban J connectivity index is -0.000000399. The van der Waals surface area contributed by atoms with Gasteiger partial charge in [0.2, 0.25) is 5.91 Å². The van der Waals surface area contributed by atoms with Crippen LogP contribution in [0.3, 0.4) is 0 Å². The van der Waals surface area contributed by atoms with E-state index in [1.54, 1.807) is 0 Å². The summed E-state index contributed by atoms with van der Waals surface area (Å²) in [6, 6.07) is 0.514. The van der Waals surface area contributed by atoms with E-state index in [-0.39, 0.29) is 14.8 Å². The minimum Gasteiger partial charge on any atom is -0.353 e. The van der Waals surface area contributed by atoms with Crippen molar-refractivity contribution in [3.05, 3.63) is 0 Å². The maximum absolute atomic E-state index is 11.2. The van der Waals surface area contributed by atoms with Crippen LogP contribution >= 0.6 is 0 Å². The first kappa shape index (κ1) is 13.4. The Morgan fingerprint density at radius 2 is 2.14 bits per heavy atom. The lowest BCUT2D eigenvalue weighted by molar-refractivity contribution is -0.121. The zero-order chi connectivity index (χ0) is 11.0. The van der Waals surface area contributed by atoms with Crippen molar-refractivity contribution in [3.63, 3.8) is 0 Å². The summed E-state index contributed by atoms with van der Waals surface area (Å²) < 4.78 is 0. The van der Waals surface area contributed by atoms with Gasteiger partial charge in [0.25, 0.3) is 0 Å². The standard InChI is InChI=1S/C9H18N2O.C2H6.2H2/c1-2-3-7(10)6-9(12)11-8-4-5-8;1-2;;/h7-8H,2-6,10H2,1H3,(H,11,12);1-2H3;2*1H. The first-order chi connectivity index (χ1) is 6.72. The highest BCUT2D eigenvalue weighted by Gasteiger charge is 2.23. The number of carbonyl (C=O) groups is 1. The Bertz CT molecular complexity index is 164. The first-order valence-corrected chi connectivity index (χ1v) is 5.77. The molecule has 1 aliphatic rings. The van der Waals surface area contributed by atoms with Crippen molar-refractivity contribution in [1.82, 2.24) is 5.32 Å². The fraction of sp³-hybridized carbons (Fsp3) is 0.909. The van der Waals surface area contributed by atoms with Crippen LogP contribution in [0.4, 0.5) is 0 Å². The lowest BCUT2D eigenvalue weighted by atomic mass is 10.1. The third-order valence-corrected chi connectivity index (χ3v) is 2.05. The van der Waals surface area contributed by atoms with Gasteiger partial charge in [-0.05, 0) is 19.3 Å². The molecule has 0 aliphatic heterocycles. The average molecular weight is 204 g/mol. The number of hydrogen-bond acceptors (Lipinski definition) is 2. The van der Waals surface area contributed by atoms with Gasteiger partial charge in [0.05, 0.1) is 0 Å². The Morgan fingerprint density at radius 1 is 1.57 bits per heavy atom. The maximum Gasteiger partial charge on any atom is 0.221 e. The Kier molecular flexibility index (Phi) is 7.48. The molecule has 3 nitrogen and oxygen atoms in total.